The van der Waals surface area contributed by atoms with E-state index >= 15 is 0 Å². The number of carbonyl (C=O) groups is 3. The minimum Gasteiger partial charge on any atom is -0.465 e. The molecular weight excluding hydrogens is 411 g/mol. The molecule has 23 heavy (non-hydrogen) atoms. The number of halogens is 1. The number of hydrogen-bond acceptors (Lipinski definition) is 4. The van der Waals surface area contributed by atoms with E-state index in [1.165, 1.54) is 25.3 Å². The van der Waals surface area contributed by atoms with Crippen LogP contribution in [-0.2, 0) is 4.74 Å². The third kappa shape index (κ3) is 4.28. The Bertz CT molecular complexity index is 761. The third-order valence-corrected chi connectivity index (χ3v) is 3.89. The molecule has 0 saturated heterocycles. The molecule has 0 heterocycles. The van der Waals surface area contributed by atoms with Gasteiger partial charge in [-0.25, -0.2) is 4.79 Å². The summed E-state index contributed by atoms with van der Waals surface area (Å²) >= 11 is 2.03. The van der Waals surface area contributed by atoms with Crippen LogP contribution in [0.25, 0.3) is 0 Å². The Kier molecular flexibility index (Phi) is 5.69. The second-order valence-corrected chi connectivity index (χ2v) is 5.62. The molecule has 0 spiro atoms. The van der Waals surface area contributed by atoms with Gasteiger partial charge in [0, 0.05) is 9.13 Å². The van der Waals surface area contributed by atoms with Crippen molar-refractivity contribution >= 4 is 40.4 Å². The van der Waals surface area contributed by atoms with Crippen molar-refractivity contribution in [3.63, 3.8) is 0 Å². The van der Waals surface area contributed by atoms with E-state index < -0.39 is 17.8 Å². The molecule has 0 aliphatic heterocycles. The van der Waals surface area contributed by atoms with Crippen LogP contribution < -0.4 is 10.9 Å². The molecule has 7 heteroatoms. The van der Waals surface area contributed by atoms with Gasteiger partial charge in [0.05, 0.1) is 18.2 Å². The Hall–Kier alpha value is -2.42. The highest BCUT2D eigenvalue weighted by atomic mass is 127. The highest BCUT2D eigenvalue weighted by Gasteiger charge is 2.13. The fourth-order valence-electron chi connectivity index (χ4n) is 1.80. The van der Waals surface area contributed by atoms with Crippen molar-refractivity contribution in [3.05, 3.63) is 68.8 Å². The average Bonchev–Trinajstić information content (AvgIpc) is 2.59. The molecule has 2 aromatic rings. The zero-order chi connectivity index (χ0) is 16.8. The van der Waals surface area contributed by atoms with Crippen molar-refractivity contribution in [2.24, 2.45) is 0 Å². The van der Waals surface area contributed by atoms with E-state index in [1.807, 2.05) is 28.7 Å². The Morgan fingerprint density at radius 3 is 2.26 bits per heavy atom. The van der Waals surface area contributed by atoms with Gasteiger partial charge in [-0.15, -0.1) is 0 Å². The molecular formula is C16H13IN2O4. The number of nitrogens with one attached hydrogen (secondary N) is 2. The lowest BCUT2D eigenvalue weighted by molar-refractivity contribution is 0.0600. The maximum absolute atomic E-state index is 12.0. The third-order valence-electron chi connectivity index (χ3n) is 2.95. The molecule has 0 unspecified atom stereocenters. The van der Waals surface area contributed by atoms with Crippen molar-refractivity contribution in [1.29, 1.82) is 0 Å². The predicted molar refractivity (Wildman–Crippen MR) is 91.9 cm³/mol. The molecule has 0 atom stereocenters. The van der Waals surface area contributed by atoms with E-state index in [-0.39, 0.29) is 11.1 Å². The zero-order valence-corrected chi connectivity index (χ0v) is 14.3. The smallest absolute Gasteiger partial charge is 0.337 e. The van der Waals surface area contributed by atoms with E-state index in [4.69, 9.17) is 0 Å². The van der Waals surface area contributed by atoms with Crippen LogP contribution >= 0.6 is 22.6 Å². The van der Waals surface area contributed by atoms with Crippen molar-refractivity contribution < 1.29 is 19.1 Å². The molecule has 6 nitrogen and oxygen atoms in total. The van der Waals surface area contributed by atoms with Gasteiger partial charge in [0.15, 0.2) is 0 Å². The van der Waals surface area contributed by atoms with Gasteiger partial charge in [-0.3, -0.25) is 20.4 Å². The van der Waals surface area contributed by atoms with Crippen molar-refractivity contribution in [3.8, 4) is 0 Å². The number of benzene rings is 2. The summed E-state index contributed by atoms with van der Waals surface area (Å²) in [6.07, 6.45) is 0. The summed E-state index contributed by atoms with van der Waals surface area (Å²) in [5.41, 5.74) is 5.60. The molecule has 0 fully saturated rings. The van der Waals surface area contributed by atoms with Crippen molar-refractivity contribution in [2.75, 3.05) is 7.11 Å². The van der Waals surface area contributed by atoms with Crippen LogP contribution in [0.4, 0.5) is 0 Å². The van der Waals surface area contributed by atoms with Gasteiger partial charge in [0.1, 0.15) is 0 Å². The summed E-state index contributed by atoms with van der Waals surface area (Å²) in [6.45, 7) is 0. The lowest BCUT2D eigenvalue weighted by Gasteiger charge is -2.09. The van der Waals surface area contributed by atoms with Crippen LogP contribution in [-0.4, -0.2) is 24.9 Å². The second kappa shape index (κ2) is 7.73. The first-order valence-corrected chi connectivity index (χ1v) is 7.64. The Morgan fingerprint density at radius 2 is 1.57 bits per heavy atom. The van der Waals surface area contributed by atoms with Crippen LogP contribution in [0.5, 0.6) is 0 Å². The van der Waals surface area contributed by atoms with E-state index in [9.17, 15) is 14.4 Å². The topological polar surface area (TPSA) is 84.5 Å². The van der Waals surface area contributed by atoms with Crippen LogP contribution in [0.3, 0.4) is 0 Å². The molecule has 0 aliphatic carbocycles. The van der Waals surface area contributed by atoms with E-state index in [1.54, 1.807) is 24.3 Å². The summed E-state index contributed by atoms with van der Waals surface area (Å²) in [6, 6.07) is 13.0. The van der Waals surface area contributed by atoms with Gasteiger partial charge in [-0.05, 0) is 52.9 Å². The molecule has 2 N–H and O–H groups in total. The number of esters is 1. The first kappa shape index (κ1) is 16.9. The van der Waals surface area contributed by atoms with Gasteiger partial charge < -0.3 is 4.74 Å². The monoisotopic (exact) mass is 424 g/mol. The van der Waals surface area contributed by atoms with Gasteiger partial charge in [0.2, 0.25) is 0 Å². The first-order chi connectivity index (χ1) is 11.0. The van der Waals surface area contributed by atoms with Gasteiger partial charge in [0.25, 0.3) is 11.8 Å². The van der Waals surface area contributed by atoms with E-state index in [0.29, 0.717) is 5.56 Å². The molecule has 2 rings (SSSR count). The Morgan fingerprint density at radius 1 is 0.913 bits per heavy atom. The molecule has 2 aromatic carbocycles. The quantitative estimate of drug-likeness (QED) is 0.450. The van der Waals surface area contributed by atoms with E-state index in [0.717, 1.165) is 3.57 Å². The summed E-state index contributed by atoms with van der Waals surface area (Å²) in [4.78, 5) is 35.5. The maximum Gasteiger partial charge on any atom is 0.337 e. The number of hydrogen-bond donors (Lipinski definition) is 2. The van der Waals surface area contributed by atoms with Gasteiger partial charge >= 0.3 is 5.97 Å². The minimum atomic E-state index is -0.539. The lowest BCUT2D eigenvalue weighted by Crippen LogP contribution is -2.41. The highest BCUT2D eigenvalue weighted by Crippen LogP contribution is 2.11. The molecule has 0 aliphatic rings. The molecule has 0 aromatic heterocycles. The molecule has 2 amide bonds. The predicted octanol–water partition coefficient (Wildman–Crippen LogP) is 2.15. The maximum atomic E-state index is 12.0. The average molecular weight is 424 g/mol. The van der Waals surface area contributed by atoms with Gasteiger partial charge in [-0.2, -0.15) is 0 Å². The highest BCUT2D eigenvalue weighted by molar-refractivity contribution is 14.1. The standard InChI is InChI=1S/C16H13IN2O4/c1-23-16(22)11-6-4-5-10(9-11)14(20)18-19-15(21)12-7-2-3-8-13(12)17/h2-9H,1H3,(H,18,20)(H,19,21). The number of ether oxygens (including phenoxy) is 1. The second-order valence-electron chi connectivity index (χ2n) is 4.46. The molecule has 0 bridgehead atoms. The Balaban J connectivity index is 2.04. The van der Waals surface area contributed by atoms with Crippen LogP contribution in [0, 0.1) is 3.57 Å². The van der Waals surface area contributed by atoms with Crippen LogP contribution in [0.2, 0.25) is 0 Å². The molecule has 0 saturated carbocycles. The lowest BCUT2D eigenvalue weighted by atomic mass is 10.1. The summed E-state index contributed by atoms with van der Waals surface area (Å²) in [5, 5.41) is 0. The molecule has 118 valence electrons. The summed E-state index contributed by atoms with van der Waals surface area (Å²) in [7, 11) is 1.26. The van der Waals surface area contributed by atoms with Crippen LogP contribution in [0.1, 0.15) is 31.1 Å². The zero-order valence-electron chi connectivity index (χ0n) is 12.1. The normalized spacial score (nSPS) is 9.83. The molecule has 0 radical (unpaired) electrons. The minimum absolute atomic E-state index is 0.232. The largest absolute Gasteiger partial charge is 0.465 e. The van der Waals surface area contributed by atoms with E-state index in [2.05, 4.69) is 15.6 Å². The number of amides is 2. The number of methoxy groups -OCH3 is 1. The number of hydrazine groups is 1. The summed E-state index contributed by atoms with van der Waals surface area (Å²) in [5.74, 6) is -1.50. The number of rotatable bonds is 3. The Labute approximate surface area is 146 Å². The van der Waals surface area contributed by atoms with Crippen molar-refractivity contribution in [2.45, 2.75) is 0 Å². The van der Waals surface area contributed by atoms with Gasteiger partial charge in [-0.1, -0.05) is 18.2 Å². The summed E-state index contributed by atoms with van der Waals surface area (Å²) < 4.78 is 5.37. The SMILES string of the molecule is COC(=O)c1cccc(C(=O)NNC(=O)c2ccccc2I)c1. The fourth-order valence-corrected chi connectivity index (χ4v) is 2.44. The van der Waals surface area contributed by atoms with Crippen LogP contribution in [0.15, 0.2) is 48.5 Å². The fraction of sp³-hybridized carbons (Fsp3) is 0.0625. The first-order valence-electron chi connectivity index (χ1n) is 6.56. The number of carbonyl (C=O) groups excluding carboxylic acids is 3. The van der Waals surface area contributed by atoms with Crippen molar-refractivity contribution in [1.82, 2.24) is 10.9 Å².